The van der Waals surface area contributed by atoms with Crippen LogP contribution in [0.2, 0.25) is 0 Å². The van der Waals surface area contributed by atoms with Crippen LogP contribution in [0.1, 0.15) is 24.5 Å². The van der Waals surface area contributed by atoms with Crippen LogP contribution in [-0.2, 0) is 10.0 Å². The molecule has 4 heteroatoms. The van der Waals surface area contributed by atoms with E-state index in [0.717, 1.165) is 16.7 Å². The zero-order valence-corrected chi connectivity index (χ0v) is 13.7. The molecule has 116 valence electrons. The van der Waals surface area contributed by atoms with Crippen molar-refractivity contribution in [3.63, 3.8) is 0 Å². The molecular weight excluding hydrogens is 294 g/mol. The highest BCUT2D eigenvalue weighted by atomic mass is 32.2. The van der Waals surface area contributed by atoms with Crippen LogP contribution in [0.3, 0.4) is 0 Å². The minimum absolute atomic E-state index is 0.307. The van der Waals surface area contributed by atoms with Crippen molar-refractivity contribution < 1.29 is 8.42 Å². The highest BCUT2D eigenvalue weighted by Gasteiger charge is 2.12. The lowest BCUT2D eigenvalue weighted by Crippen LogP contribution is -2.24. The van der Waals surface area contributed by atoms with E-state index in [1.165, 1.54) is 0 Å². The first-order valence-electron chi connectivity index (χ1n) is 7.27. The van der Waals surface area contributed by atoms with E-state index in [2.05, 4.69) is 4.72 Å². The zero-order valence-electron chi connectivity index (χ0n) is 12.9. The van der Waals surface area contributed by atoms with Gasteiger partial charge in [0.25, 0.3) is 0 Å². The molecule has 0 aliphatic carbocycles. The summed E-state index contributed by atoms with van der Waals surface area (Å²) in [6, 6.07) is 16.9. The summed E-state index contributed by atoms with van der Waals surface area (Å²) in [7, 11) is -3.42. The van der Waals surface area contributed by atoms with Gasteiger partial charge in [-0.1, -0.05) is 54.1 Å². The SMILES string of the molecule is C/C(=C\CCNS(=O)(=O)c1ccc(C)cc1)c1ccccc1. The Kier molecular flexibility index (Phi) is 5.52. The summed E-state index contributed by atoms with van der Waals surface area (Å²) in [6.07, 6.45) is 2.71. The standard InChI is InChI=1S/C18H21NO2S/c1-15-10-12-18(13-11-15)22(20,21)19-14-6-7-16(2)17-8-4-3-5-9-17/h3-5,7-13,19H,6,14H2,1-2H3/b16-7+. The highest BCUT2D eigenvalue weighted by molar-refractivity contribution is 7.89. The average molecular weight is 315 g/mol. The Morgan fingerprint density at radius 3 is 2.32 bits per heavy atom. The molecule has 2 rings (SSSR count). The maximum Gasteiger partial charge on any atom is 0.240 e. The number of hydrogen-bond acceptors (Lipinski definition) is 2. The minimum Gasteiger partial charge on any atom is -0.211 e. The summed E-state index contributed by atoms with van der Waals surface area (Å²) < 4.78 is 26.9. The summed E-state index contributed by atoms with van der Waals surface area (Å²) in [5, 5.41) is 0. The van der Waals surface area contributed by atoms with E-state index in [-0.39, 0.29) is 0 Å². The van der Waals surface area contributed by atoms with Gasteiger partial charge in [0.2, 0.25) is 10.0 Å². The fourth-order valence-corrected chi connectivity index (χ4v) is 3.15. The molecule has 0 radical (unpaired) electrons. The summed E-state index contributed by atoms with van der Waals surface area (Å²) >= 11 is 0. The van der Waals surface area contributed by atoms with E-state index in [0.29, 0.717) is 17.9 Å². The number of aryl methyl sites for hydroxylation is 1. The Hall–Kier alpha value is -1.91. The molecule has 1 N–H and O–H groups in total. The van der Waals surface area contributed by atoms with Crippen LogP contribution in [0.5, 0.6) is 0 Å². The Bertz CT molecular complexity index is 732. The molecule has 0 spiro atoms. The molecule has 0 heterocycles. The Morgan fingerprint density at radius 1 is 1.05 bits per heavy atom. The molecule has 0 atom stereocenters. The Balaban J connectivity index is 1.92. The monoisotopic (exact) mass is 315 g/mol. The lowest BCUT2D eigenvalue weighted by Gasteiger charge is -2.06. The second kappa shape index (κ2) is 7.38. The van der Waals surface area contributed by atoms with Gasteiger partial charge in [0.05, 0.1) is 4.90 Å². The van der Waals surface area contributed by atoms with E-state index in [4.69, 9.17) is 0 Å². The maximum absolute atomic E-state index is 12.1. The van der Waals surface area contributed by atoms with Crippen molar-refractivity contribution in [3.05, 3.63) is 71.8 Å². The third-order valence-electron chi connectivity index (χ3n) is 3.45. The smallest absolute Gasteiger partial charge is 0.211 e. The van der Waals surface area contributed by atoms with Gasteiger partial charge in [-0.25, -0.2) is 13.1 Å². The summed E-state index contributed by atoms with van der Waals surface area (Å²) in [5.74, 6) is 0. The first-order valence-corrected chi connectivity index (χ1v) is 8.76. The Morgan fingerprint density at radius 2 is 1.68 bits per heavy atom. The number of sulfonamides is 1. The third kappa shape index (κ3) is 4.55. The quantitative estimate of drug-likeness (QED) is 0.825. The van der Waals surface area contributed by atoms with Gasteiger partial charge < -0.3 is 0 Å². The van der Waals surface area contributed by atoms with E-state index >= 15 is 0 Å². The topological polar surface area (TPSA) is 46.2 Å². The lowest BCUT2D eigenvalue weighted by atomic mass is 10.1. The van der Waals surface area contributed by atoms with Gasteiger partial charge in [-0.15, -0.1) is 0 Å². The maximum atomic E-state index is 12.1. The molecule has 0 aliphatic heterocycles. The lowest BCUT2D eigenvalue weighted by molar-refractivity contribution is 0.582. The second-order valence-corrected chi connectivity index (χ2v) is 7.02. The molecule has 0 aromatic heterocycles. The molecule has 3 nitrogen and oxygen atoms in total. The minimum atomic E-state index is -3.42. The number of hydrogen-bond donors (Lipinski definition) is 1. The van der Waals surface area contributed by atoms with Crippen LogP contribution in [0, 0.1) is 6.92 Å². The molecule has 22 heavy (non-hydrogen) atoms. The molecule has 2 aromatic carbocycles. The van der Waals surface area contributed by atoms with Gasteiger partial charge in [0.15, 0.2) is 0 Å². The first-order chi connectivity index (χ1) is 10.5. The molecule has 2 aromatic rings. The van der Waals surface area contributed by atoms with E-state index in [1.54, 1.807) is 24.3 Å². The molecule has 0 bridgehead atoms. The fourth-order valence-electron chi connectivity index (χ4n) is 2.10. The second-order valence-electron chi connectivity index (χ2n) is 5.25. The van der Waals surface area contributed by atoms with Gasteiger partial charge in [-0.2, -0.15) is 0 Å². The van der Waals surface area contributed by atoms with Gasteiger partial charge >= 0.3 is 0 Å². The molecule has 0 saturated carbocycles. The average Bonchev–Trinajstić information content (AvgIpc) is 2.52. The molecule has 0 saturated heterocycles. The molecule has 0 fully saturated rings. The van der Waals surface area contributed by atoms with Crippen molar-refractivity contribution >= 4 is 15.6 Å². The van der Waals surface area contributed by atoms with Gasteiger partial charge in [0, 0.05) is 6.54 Å². The largest absolute Gasteiger partial charge is 0.240 e. The zero-order chi connectivity index (χ0) is 16.0. The third-order valence-corrected chi connectivity index (χ3v) is 4.92. The Labute approximate surface area is 132 Å². The van der Waals surface area contributed by atoms with Crippen molar-refractivity contribution in [3.8, 4) is 0 Å². The van der Waals surface area contributed by atoms with Crippen molar-refractivity contribution in [1.29, 1.82) is 0 Å². The van der Waals surface area contributed by atoms with Crippen LogP contribution < -0.4 is 4.72 Å². The number of allylic oxidation sites excluding steroid dienone is 1. The van der Waals surface area contributed by atoms with Crippen molar-refractivity contribution in [2.24, 2.45) is 0 Å². The number of rotatable bonds is 6. The fraction of sp³-hybridized carbons (Fsp3) is 0.222. The van der Waals surface area contributed by atoms with E-state index in [1.807, 2.05) is 50.3 Å². The van der Waals surface area contributed by atoms with Gasteiger partial charge in [0.1, 0.15) is 0 Å². The van der Waals surface area contributed by atoms with Crippen LogP contribution >= 0.6 is 0 Å². The first kappa shape index (κ1) is 16.5. The number of benzene rings is 2. The van der Waals surface area contributed by atoms with E-state index < -0.39 is 10.0 Å². The summed E-state index contributed by atoms with van der Waals surface area (Å²) in [4.78, 5) is 0.307. The van der Waals surface area contributed by atoms with Crippen LogP contribution in [0.25, 0.3) is 5.57 Å². The summed E-state index contributed by atoms with van der Waals surface area (Å²) in [6.45, 7) is 4.35. The predicted octanol–water partition coefficient (Wildman–Crippen LogP) is 3.77. The van der Waals surface area contributed by atoms with E-state index in [9.17, 15) is 8.42 Å². The van der Waals surface area contributed by atoms with Gasteiger partial charge in [-0.3, -0.25) is 0 Å². The van der Waals surface area contributed by atoms with Crippen LogP contribution in [0.4, 0.5) is 0 Å². The number of nitrogens with one attached hydrogen (secondary N) is 1. The van der Waals surface area contributed by atoms with Crippen molar-refractivity contribution in [2.75, 3.05) is 6.54 Å². The molecule has 0 amide bonds. The molecular formula is C18H21NO2S. The molecule has 0 aliphatic rings. The van der Waals surface area contributed by atoms with Crippen LogP contribution in [0.15, 0.2) is 65.6 Å². The molecule has 0 unspecified atom stereocenters. The predicted molar refractivity (Wildman–Crippen MR) is 91.1 cm³/mol. The summed E-state index contributed by atoms with van der Waals surface area (Å²) in [5.41, 5.74) is 3.35. The van der Waals surface area contributed by atoms with Crippen molar-refractivity contribution in [2.45, 2.75) is 25.2 Å². The van der Waals surface area contributed by atoms with Gasteiger partial charge in [-0.05, 0) is 43.5 Å². The highest BCUT2D eigenvalue weighted by Crippen LogP contribution is 2.13. The van der Waals surface area contributed by atoms with Crippen LogP contribution in [-0.4, -0.2) is 15.0 Å². The van der Waals surface area contributed by atoms with Crippen molar-refractivity contribution in [1.82, 2.24) is 4.72 Å². The normalized spacial score (nSPS) is 12.4.